The molecule has 15 heavy (non-hydrogen) atoms. The number of ether oxygens (including phenoxy) is 1. The molecule has 1 aliphatic rings. The van der Waals surface area contributed by atoms with Gasteiger partial charge in [-0.25, -0.2) is 4.79 Å². The molecule has 0 saturated carbocycles. The van der Waals surface area contributed by atoms with Gasteiger partial charge in [-0.3, -0.25) is 0 Å². The molecule has 0 aliphatic carbocycles. The summed E-state index contributed by atoms with van der Waals surface area (Å²) in [5, 5.41) is 5.55. The third kappa shape index (κ3) is 2.07. The van der Waals surface area contributed by atoms with Gasteiger partial charge in [-0.15, -0.1) is 0 Å². The smallest absolute Gasteiger partial charge is 0.315 e. The van der Waals surface area contributed by atoms with Crippen molar-refractivity contribution in [3.63, 3.8) is 0 Å². The molecule has 0 unspecified atom stereocenters. The first-order valence-corrected chi connectivity index (χ1v) is 5.38. The number of urea groups is 1. The fourth-order valence-electron chi connectivity index (χ4n) is 1.56. The van der Waals surface area contributed by atoms with Crippen molar-refractivity contribution in [2.24, 2.45) is 0 Å². The molecule has 2 rings (SSSR count). The summed E-state index contributed by atoms with van der Waals surface area (Å²) >= 11 is 3.45. The number of rotatable bonds is 2. The van der Waals surface area contributed by atoms with Crippen molar-refractivity contribution in [1.29, 1.82) is 0 Å². The van der Waals surface area contributed by atoms with E-state index in [2.05, 4.69) is 26.6 Å². The first-order chi connectivity index (χ1) is 7.20. The Morgan fingerprint density at radius 1 is 1.53 bits per heavy atom. The van der Waals surface area contributed by atoms with E-state index in [0.29, 0.717) is 6.54 Å². The normalized spacial score (nSPS) is 19.6. The lowest BCUT2D eigenvalue weighted by Gasteiger charge is -2.12. The highest BCUT2D eigenvalue weighted by molar-refractivity contribution is 9.10. The average Bonchev–Trinajstić information content (AvgIpc) is 2.65. The lowest BCUT2D eigenvalue weighted by Crippen LogP contribution is -2.21. The summed E-state index contributed by atoms with van der Waals surface area (Å²) in [5.41, 5.74) is 1.02. The Hall–Kier alpha value is -1.23. The van der Waals surface area contributed by atoms with E-state index in [4.69, 9.17) is 4.74 Å². The van der Waals surface area contributed by atoms with Crippen LogP contribution in [0.4, 0.5) is 4.79 Å². The molecular formula is C10H11BrN2O2. The number of methoxy groups -OCH3 is 1. The van der Waals surface area contributed by atoms with E-state index in [0.717, 1.165) is 15.8 Å². The predicted octanol–water partition coefficient (Wildman–Crippen LogP) is 1.81. The second-order valence-electron chi connectivity index (χ2n) is 3.29. The van der Waals surface area contributed by atoms with Crippen LogP contribution in [0, 0.1) is 0 Å². The molecule has 4 nitrogen and oxygen atoms in total. The second kappa shape index (κ2) is 4.10. The van der Waals surface area contributed by atoms with Gasteiger partial charge in [0.1, 0.15) is 5.75 Å². The molecule has 0 bridgehead atoms. The van der Waals surface area contributed by atoms with Gasteiger partial charge >= 0.3 is 6.03 Å². The number of halogens is 1. The van der Waals surface area contributed by atoms with Gasteiger partial charge < -0.3 is 15.4 Å². The molecule has 0 aromatic heterocycles. The number of nitrogens with one attached hydrogen (secondary N) is 2. The highest BCUT2D eigenvalue weighted by Gasteiger charge is 2.23. The van der Waals surface area contributed by atoms with Crippen molar-refractivity contribution < 1.29 is 9.53 Å². The number of benzene rings is 1. The fourth-order valence-corrected chi connectivity index (χ4v) is 2.08. The van der Waals surface area contributed by atoms with Gasteiger partial charge in [-0.05, 0) is 23.8 Å². The first kappa shape index (κ1) is 10.3. The van der Waals surface area contributed by atoms with Crippen molar-refractivity contribution >= 4 is 22.0 Å². The number of carbonyl (C=O) groups is 1. The zero-order valence-corrected chi connectivity index (χ0v) is 9.80. The quantitative estimate of drug-likeness (QED) is 0.861. The van der Waals surface area contributed by atoms with Crippen LogP contribution in [-0.2, 0) is 0 Å². The lowest BCUT2D eigenvalue weighted by molar-refractivity contribution is 0.247. The van der Waals surface area contributed by atoms with Gasteiger partial charge in [-0.1, -0.05) is 15.9 Å². The Labute approximate surface area is 96.1 Å². The van der Waals surface area contributed by atoms with Gasteiger partial charge in [-0.2, -0.15) is 0 Å². The van der Waals surface area contributed by atoms with E-state index in [9.17, 15) is 4.79 Å². The van der Waals surface area contributed by atoms with E-state index in [1.54, 1.807) is 7.11 Å². The molecule has 80 valence electrons. The van der Waals surface area contributed by atoms with Crippen molar-refractivity contribution in [2.45, 2.75) is 6.04 Å². The Morgan fingerprint density at radius 2 is 2.33 bits per heavy atom. The number of amides is 2. The fraction of sp³-hybridized carbons (Fsp3) is 0.300. The summed E-state index contributed by atoms with van der Waals surface area (Å²) < 4.78 is 6.11. The van der Waals surface area contributed by atoms with Gasteiger partial charge in [0, 0.05) is 11.0 Å². The summed E-state index contributed by atoms with van der Waals surface area (Å²) in [5.74, 6) is 0.786. The minimum atomic E-state index is -0.130. The molecule has 1 saturated heterocycles. The van der Waals surface area contributed by atoms with E-state index >= 15 is 0 Å². The van der Waals surface area contributed by atoms with E-state index in [-0.39, 0.29) is 12.1 Å². The van der Waals surface area contributed by atoms with Crippen LogP contribution in [0.5, 0.6) is 5.75 Å². The van der Waals surface area contributed by atoms with Crippen LogP contribution in [0.15, 0.2) is 22.7 Å². The Morgan fingerprint density at radius 3 is 2.93 bits per heavy atom. The Bertz CT molecular complexity index is 395. The molecule has 1 aliphatic heterocycles. The van der Waals surface area contributed by atoms with Crippen LogP contribution >= 0.6 is 15.9 Å². The summed E-state index contributed by atoms with van der Waals surface area (Å²) in [6.07, 6.45) is 0. The molecule has 1 aromatic carbocycles. The highest BCUT2D eigenvalue weighted by Crippen LogP contribution is 2.28. The second-order valence-corrected chi connectivity index (χ2v) is 4.15. The van der Waals surface area contributed by atoms with Crippen molar-refractivity contribution in [3.05, 3.63) is 28.2 Å². The zero-order valence-electron chi connectivity index (χ0n) is 8.21. The molecule has 0 spiro atoms. The first-order valence-electron chi connectivity index (χ1n) is 4.58. The van der Waals surface area contributed by atoms with Gasteiger partial charge in [0.25, 0.3) is 0 Å². The average molecular weight is 271 g/mol. The maximum atomic E-state index is 11.0. The van der Waals surface area contributed by atoms with Crippen molar-refractivity contribution in [2.75, 3.05) is 13.7 Å². The topological polar surface area (TPSA) is 50.4 Å². The van der Waals surface area contributed by atoms with Gasteiger partial charge in [0.05, 0.1) is 13.2 Å². The molecule has 0 radical (unpaired) electrons. The summed E-state index contributed by atoms with van der Waals surface area (Å²) in [6, 6.07) is 5.58. The van der Waals surface area contributed by atoms with E-state index in [1.807, 2.05) is 18.2 Å². The van der Waals surface area contributed by atoms with Crippen LogP contribution in [-0.4, -0.2) is 19.7 Å². The number of carbonyl (C=O) groups excluding carboxylic acids is 1. The maximum absolute atomic E-state index is 11.0. The third-order valence-electron chi connectivity index (χ3n) is 2.35. The van der Waals surface area contributed by atoms with E-state index < -0.39 is 0 Å². The minimum absolute atomic E-state index is 0.00183. The predicted molar refractivity (Wildman–Crippen MR) is 60.0 cm³/mol. The third-order valence-corrected chi connectivity index (χ3v) is 3.07. The molecule has 1 heterocycles. The van der Waals surface area contributed by atoms with Crippen molar-refractivity contribution in [1.82, 2.24) is 10.6 Å². The monoisotopic (exact) mass is 270 g/mol. The zero-order chi connectivity index (χ0) is 10.8. The molecule has 5 heteroatoms. The van der Waals surface area contributed by atoms with Gasteiger partial charge in [0.2, 0.25) is 0 Å². The largest absolute Gasteiger partial charge is 0.497 e. The van der Waals surface area contributed by atoms with Crippen LogP contribution in [0.1, 0.15) is 11.6 Å². The maximum Gasteiger partial charge on any atom is 0.315 e. The van der Waals surface area contributed by atoms with Crippen LogP contribution in [0.3, 0.4) is 0 Å². The Balaban J connectivity index is 2.30. The molecule has 2 amide bonds. The molecule has 1 atom stereocenters. The summed E-state index contributed by atoms with van der Waals surface area (Å²) in [7, 11) is 1.62. The molecular weight excluding hydrogens is 260 g/mol. The van der Waals surface area contributed by atoms with Crippen molar-refractivity contribution in [3.8, 4) is 5.75 Å². The van der Waals surface area contributed by atoms with Crippen LogP contribution < -0.4 is 15.4 Å². The number of hydrogen-bond acceptors (Lipinski definition) is 2. The van der Waals surface area contributed by atoms with E-state index in [1.165, 1.54) is 0 Å². The molecule has 1 fully saturated rings. The molecule has 1 aromatic rings. The summed E-state index contributed by atoms with van der Waals surface area (Å²) in [4.78, 5) is 11.0. The Kier molecular flexibility index (Phi) is 2.81. The SMILES string of the molecule is COc1ccc(Br)c([C@@H]2CNC(=O)N2)c1. The van der Waals surface area contributed by atoms with Gasteiger partial charge in [0.15, 0.2) is 0 Å². The lowest BCUT2D eigenvalue weighted by atomic mass is 10.1. The summed E-state index contributed by atoms with van der Waals surface area (Å²) in [6.45, 7) is 0.602. The number of hydrogen-bond donors (Lipinski definition) is 2. The van der Waals surface area contributed by atoms with Crippen LogP contribution in [0.2, 0.25) is 0 Å². The molecule has 2 N–H and O–H groups in total. The van der Waals surface area contributed by atoms with Crippen LogP contribution in [0.25, 0.3) is 0 Å². The highest BCUT2D eigenvalue weighted by atomic mass is 79.9. The standard InChI is InChI=1S/C10H11BrN2O2/c1-15-6-2-3-8(11)7(4-6)9-5-12-10(14)13-9/h2-4,9H,5H2,1H3,(H2,12,13,14)/t9-/m0/s1. The minimum Gasteiger partial charge on any atom is -0.497 e.